The first-order valence-corrected chi connectivity index (χ1v) is 10.7. The van der Waals surface area contributed by atoms with E-state index in [9.17, 15) is 9.90 Å². The van der Waals surface area contributed by atoms with Crippen LogP contribution in [-0.4, -0.2) is 22.7 Å². The Morgan fingerprint density at radius 3 is 2.47 bits per heavy atom. The lowest BCUT2D eigenvalue weighted by molar-refractivity contribution is -0.136. The summed E-state index contributed by atoms with van der Waals surface area (Å²) in [6, 6.07) is 19.7. The summed E-state index contributed by atoms with van der Waals surface area (Å²) in [4.78, 5) is 15.1. The number of carboxylic acid groups (broad SMARTS) is 1. The van der Waals surface area contributed by atoms with Crippen molar-refractivity contribution in [2.24, 2.45) is 0 Å². The van der Waals surface area contributed by atoms with Crippen molar-refractivity contribution in [3.05, 3.63) is 82.9 Å². The summed E-state index contributed by atoms with van der Waals surface area (Å²) in [5.74, 6) is 0.425. The van der Waals surface area contributed by atoms with Gasteiger partial charge in [0.15, 0.2) is 11.5 Å². The van der Waals surface area contributed by atoms with Crippen molar-refractivity contribution in [1.29, 1.82) is 0 Å². The van der Waals surface area contributed by atoms with Crippen molar-refractivity contribution >= 4 is 16.9 Å². The molecule has 4 rings (SSSR count). The molecule has 0 saturated heterocycles. The summed E-state index contributed by atoms with van der Waals surface area (Å²) in [6.45, 7) is 6.97. The lowest BCUT2D eigenvalue weighted by Gasteiger charge is -2.14. The molecule has 3 aromatic carbocycles. The zero-order chi connectivity index (χ0) is 22.7. The van der Waals surface area contributed by atoms with Gasteiger partial charge in [-0.05, 0) is 61.2 Å². The molecule has 5 heteroatoms. The van der Waals surface area contributed by atoms with Gasteiger partial charge in [0, 0.05) is 16.5 Å². The van der Waals surface area contributed by atoms with Gasteiger partial charge in [0.25, 0.3) is 0 Å². The Bertz CT molecular complexity index is 1260. The lowest BCUT2D eigenvalue weighted by atomic mass is 10.00. The minimum Gasteiger partial charge on any atom is -0.490 e. The predicted molar refractivity (Wildman–Crippen MR) is 126 cm³/mol. The van der Waals surface area contributed by atoms with Crippen LogP contribution in [0, 0.1) is 13.8 Å². The third kappa shape index (κ3) is 4.33. The van der Waals surface area contributed by atoms with E-state index >= 15 is 0 Å². The van der Waals surface area contributed by atoms with Crippen molar-refractivity contribution in [3.8, 4) is 22.8 Å². The highest BCUT2D eigenvalue weighted by atomic mass is 16.5. The number of aryl methyl sites for hydroxylation is 2. The number of aliphatic carboxylic acids is 1. The van der Waals surface area contributed by atoms with Gasteiger partial charge in [0.1, 0.15) is 6.61 Å². The van der Waals surface area contributed by atoms with Gasteiger partial charge in [-0.2, -0.15) is 0 Å². The number of fused-ring (bicyclic) bond motifs is 1. The van der Waals surface area contributed by atoms with E-state index in [0.717, 1.165) is 44.4 Å². The van der Waals surface area contributed by atoms with E-state index in [1.54, 1.807) is 0 Å². The first-order valence-electron chi connectivity index (χ1n) is 10.7. The van der Waals surface area contributed by atoms with E-state index in [1.165, 1.54) is 0 Å². The van der Waals surface area contributed by atoms with Crippen molar-refractivity contribution < 1.29 is 19.4 Å². The van der Waals surface area contributed by atoms with Crippen LogP contribution in [0.4, 0.5) is 0 Å². The van der Waals surface area contributed by atoms with E-state index in [-0.39, 0.29) is 6.42 Å². The van der Waals surface area contributed by atoms with Crippen LogP contribution in [0.3, 0.4) is 0 Å². The summed E-state index contributed by atoms with van der Waals surface area (Å²) in [5.41, 5.74) is 6.76. The molecule has 0 atom stereocenters. The second-order valence-electron chi connectivity index (χ2n) is 7.85. The maximum Gasteiger partial charge on any atom is 0.307 e. The summed E-state index contributed by atoms with van der Waals surface area (Å²) in [5, 5.41) is 10.5. The lowest BCUT2D eigenvalue weighted by Crippen LogP contribution is -2.02. The third-order valence-corrected chi connectivity index (χ3v) is 5.71. The van der Waals surface area contributed by atoms with Crippen LogP contribution in [0.25, 0.3) is 22.2 Å². The molecule has 164 valence electrons. The molecule has 0 bridgehead atoms. The predicted octanol–water partition coefficient (Wildman–Crippen LogP) is 6.06. The SMILES string of the molecule is CCOc1cc(-c2[nH]c3c(C)c(C)ccc3c2CC(=O)O)ccc1OCc1ccccc1. The third-order valence-electron chi connectivity index (χ3n) is 5.71. The van der Waals surface area contributed by atoms with Crippen molar-refractivity contribution in [2.45, 2.75) is 33.8 Å². The Morgan fingerprint density at radius 2 is 1.75 bits per heavy atom. The van der Waals surface area contributed by atoms with Gasteiger partial charge in [-0.1, -0.05) is 42.5 Å². The minimum atomic E-state index is -0.863. The second-order valence-corrected chi connectivity index (χ2v) is 7.85. The number of H-pyrrole nitrogens is 1. The number of carboxylic acids is 1. The van der Waals surface area contributed by atoms with E-state index in [4.69, 9.17) is 9.47 Å². The molecule has 5 nitrogen and oxygen atoms in total. The fourth-order valence-corrected chi connectivity index (χ4v) is 3.93. The molecular weight excluding hydrogens is 402 g/mol. The van der Waals surface area contributed by atoms with Gasteiger partial charge >= 0.3 is 5.97 Å². The fourth-order valence-electron chi connectivity index (χ4n) is 3.93. The Hall–Kier alpha value is -3.73. The molecule has 0 fully saturated rings. The standard InChI is InChI=1S/C27H27NO4/c1-4-31-24-14-20(11-13-23(24)32-16-19-8-6-5-7-9-19)27-22(15-25(29)30)21-12-10-17(2)18(3)26(21)28-27/h5-14,28H,4,15-16H2,1-3H3,(H,29,30). The first-order chi connectivity index (χ1) is 15.5. The van der Waals surface area contributed by atoms with Crippen molar-refractivity contribution in [2.75, 3.05) is 6.61 Å². The van der Waals surface area contributed by atoms with Crippen LogP contribution in [0.2, 0.25) is 0 Å². The zero-order valence-electron chi connectivity index (χ0n) is 18.6. The highest BCUT2D eigenvalue weighted by molar-refractivity contribution is 5.96. The van der Waals surface area contributed by atoms with Crippen LogP contribution in [-0.2, 0) is 17.8 Å². The summed E-state index contributed by atoms with van der Waals surface area (Å²) >= 11 is 0. The maximum atomic E-state index is 11.6. The highest BCUT2D eigenvalue weighted by Gasteiger charge is 2.19. The fraction of sp³-hybridized carbons (Fsp3) is 0.222. The van der Waals surface area contributed by atoms with Crippen LogP contribution in [0.15, 0.2) is 60.7 Å². The number of carbonyl (C=O) groups is 1. The van der Waals surface area contributed by atoms with Crippen LogP contribution in [0.1, 0.15) is 29.2 Å². The molecule has 1 heterocycles. The molecule has 1 aromatic heterocycles. The molecule has 32 heavy (non-hydrogen) atoms. The average Bonchev–Trinajstić information content (AvgIpc) is 3.14. The Morgan fingerprint density at radius 1 is 0.969 bits per heavy atom. The molecule has 0 spiro atoms. The van der Waals surface area contributed by atoms with Gasteiger partial charge in [0.2, 0.25) is 0 Å². The summed E-state index contributed by atoms with van der Waals surface area (Å²) in [7, 11) is 0. The number of nitrogens with one attached hydrogen (secondary N) is 1. The van der Waals surface area contributed by atoms with Gasteiger partial charge in [-0.15, -0.1) is 0 Å². The molecule has 0 amide bonds. The monoisotopic (exact) mass is 429 g/mol. The van der Waals surface area contributed by atoms with Crippen molar-refractivity contribution in [3.63, 3.8) is 0 Å². The Labute approximate surface area is 187 Å². The molecule has 0 aliphatic heterocycles. The summed E-state index contributed by atoms with van der Waals surface area (Å²) in [6.07, 6.45) is -0.0614. The smallest absolute Gasteiger partial charge is 0.307 e. The second kappa shape index (κ2) is 9.18. The number of hydrogen-bond acceptors (Lipinski definition) is 3. The zero-order valence-corrected chi connectivity index (χ0v) is 18.6. The molecule has 0 aliphatic rings. The van der Waals surface area contributed by atoms with Crippen molar-refractivity contribution in [1.82, 2.24) is 4.98 Å². The minimum absolute atomic E-state index is 0.0614. The quantitative estimate of drug-likeness (QED) is 0.357. The number of hydrogen-bond donors (Lipinski definition) is 2. The van der Waals surface area contributed by atoms with E-state index in [0.29, 0.717) is 24.7 Å². The Balaban J connectivity index is 1.76. The number of ether oxygens (including phenoxy) is 2. The Kier molecular flexibility index (Phi) is 6.17. The average molecular weight is 430 g/mol. The topological polar surface area (TPSA) is 71.6 Å². The molecule has 4 aromatic rings. The normalized spacial score (nSPS) is 11.0. The van der Waals surface area contributed by atoms with E-state index in [2.05, 4.69) is 18.8 Å². The van der Waals surface area contributed by atoms with Gasteiger partial charge in [-0.3, -0.25) is 4.79 Å². The molecule has 0 unspecified atom stereocenters. The summed E-state index contributed by atoms with van der Waals surface area (Å²) < 4.78 is 11.9. The maximum absolute atomic E-state index is 11.6. The van der Waals surface area contributed by atoms with Crippen LogP contribution in [0.5, 0.6) is 11.5 Å². The molecule has 2 N–H and O–H groups in total. The number of aromatic nitrogens is 1. The molecule has 0 saturated carbocycles. The number of rotatable bonds is 8. The molecular formula is C27H27NO4. The van der Waals surface area contributed by atoms with E-state index in [1.807, 2.05) is 67.6 Å². The van der Waals surface area contributed by atoms with Gasteiger partial charge < -0.3 is 19.6 Å². The van der Waals surface area contributed by atoms with Gasteiger partial charge in [0.05, 0.1) is 18.7 Å². The number of benzene rings is 3. The molecule has 0 radical (unpaired) electrons. The van der Waals surface area contributed by atoms with Crippen LogP contribution >= 0.6 is 0 Å². The molecule has 0 aliphatic carbocycles. The van der Waals surface area contributed by atoms with Crippen LogP contribution < -0.4 is 9.47 Å². The first kappa shape index (κ1) is 21.5. The van der Waals surface area contributed by atoms with Gasteiger partial charge in [-0.25, -0.2) is 0 Å². The number of aromatic amines is 1. The highest BCUT2D eigenvalue weighted by Crippen LogP contribution is 2.38. The van der Waals surface area contributed by atoms with E-state index < -0.39 is 5.97 Å². The largest absolute Gasteiger partial charge is 0.490 e.